The van der Waals surface area contributed by atoms with E-state index in [1.807, 2.05) is 48.1 Å². The summed E-state index contributed by atoms with van der Waals surface area (Å²) in [6.07, 6.45) is 3.96. The van der Waals surface area contributed by atoms with Crippen molar-refractivity contribution in [2.45, 2.75) is 39.3 Å². The van der Waals surface area contributed by atoms with Gasteiger partial charge in [0.25, 0.3) is 11.8 Å². The predicted molar refractivity (Wildman–Crippen MR) is 144 cm³/mol. The second-order valence-corrected chi connectivity index (χ2v) is 10.6. The van der Waals surface area contributed by atoms with Crippen LogP contribution in [0.1, 0.15) is 37.1 Å². The van der Waals surface area contributed by atoms with Crippen molar-refractivity contribution in [3.05, 3.63) is 71.5 Å². The normalized spacial score (nSPS) is 18.2. The minimum Gasteiger partial charge on any atom is -0.350 e. The molecule has 0 saturated heterocycles. The lowest BCUT2D eigenvalue weighted by Gasteiger charge is -2.31. The molecule has 1 atom stereocenters. The van der Waals surface area contributed by atoms with E-state index in [1.165, 1.54) is 5.69 Å². The van der Waals surface area contributed by atoms with Gasteiger partial charge in [0.15, 0.2) is 0 Å². The number of nitrogens with one attached hydrogen (secondary N) is 1. The Labute approximate surface area is 211 Å². The standard InChI is InChI=1S/C30H32N4O2/c1-18(2)32(3)16-19-13-14-34-24-12-8-6-10-21(24)26(25(34)15-19)28-27(29(35)31-30(28)36)22-17-33(4)23-11-7-5-9-20(22)23/h5-12,17-19H,13-16H2,1-4H3,(H,31,35,36)/t19-/m1/s1. The van der Waals surface area contributed by atoms with Gasteiger partial charge in [-0.1, -0.05) is 36.4 Å². The number of amides is 2. The second kappa shape index (κ2) is 8.49. The Morgan fingerprint density at radius 1 is 0.972 bits per heavy atom. The maximum absolute atomic E-state index is 13.5. The zero-order valence-electron chi connectivity index (χ0n) is 21.3. The van der Waals surface area contributed by atoms with E-state index in [2.05, 4.69) is 53.9 Å². The lowest BCUT2D eigenvalue weighted by atomic mass is 9.89. The molecule has 4 aromatic rings. The van der Waals surface area contributed by atoms with Gasteiger partial charge in [-0.05, 0) is 51.8 Å². The van der Waals surface area contributed by atoms with Crippen LogP contribution < -0.4 is 5.32 Å². The number of benzene rings is 2. The molecule has 0 unspecified atom stereocenters. The van der Waals surface area contributed by atoms with E-state index < -0.39 is 0 Å². The number of aryl methyl sites for hydroxylation is 2. The van der Waals surface area contributed by atoms with Crippen LogP contribution in [0.25, 0.3) is 33.0 Å². The summed E-state index contributed by atoms with van der Waals surface area (Å²) in [5, 5.41) is 4.65. The first-order chi connectivity index (χ1) is 17.3. The van der Waals surface area contributed by atoms with Crippen LogP contribution in [0.3, 0.4) is 0 Å². The van der Waals surface area contributed by atoms with Crippen LogP contribution in [-0.4, -0.2) is 45.5 Å². The van der Waals surface area contributed by atoms with Gasteiger partial charge in [0.2, 0.25) is 0 Å². The SMILES string of the molecule is CC(C)N(C)C[C@@H]1CCn2c(c(C3=C(c4cn(C)c5ccccc45)C(=O)NC3=O)c3ccccc32)C1. The molecule has 0 saturated carbocycles. The summed E-state index contributed by atoms with van der Waals surface area (Å²) in [5.41, 5.74) is 6.07. The molecule has 6 nitrogen and oxygen atoms in total. The zero-order chi connectivity index (χ0) is 25.1. The largest absolute Gasteiger partial charge is 0.350 e. The molecule has 6 heteroatoms. The highest BCUT2D eigenvalue weighted by Crippen LogP contribution is 2.42. The van der Waals surface area contributed by atoms with Gasteiger partial charge in [0.1, 0.15) is 0 Å². The Bertz CT molecular complexity index is 1570. The van der Waals surface area contributed by atoms with Gasteiger partial charge in [-0.2, -0.15) is 0 Å². The smallest absolute Gasteiger partial charge is 0.259 e. The maximum atomic E-state index is 13.5. The molecule has 0 radical (unpaired) electrons. The molecule has 0 aliphatic carbocycles. The molecule has 2 aliphatic rings. The van der Waals surface area contributed by atoms with E-state index in [4.69, 9.17) is 0 Å². The summed E-state index contributed by atoms with van der Waals surface area (Å²) in [6, 6.07) is 16.8. The number of carbonyl (C=O) groups excluding carboxylic acids is 2. The second-order valence-electron chi connectivity index (χ2n) is 10.6. The zero-order valence-corrected chi connectivity index (χ0v) is 21.3. The van der Waals surface area contributed by atoms with E-state index in [0.717, 1.165) is 58.9 Å². The number of aromatic nitrogens is 2. The van der Waals surface area contributed by atoms with Gasteiger partial charge >= 0.3 is 0 Å². The summed E-state index contributed by atoms with van der Waals surface area (Å²) in [6.45, 7) is 6.37. The fourth-order valence-electron chi connectivity index (χ4n) is 6.06. The van der Waals surface area contributed by atoms with Crippen molar-refractivity contribution >= 4 is 44.8 Å². The van der Waals surface area contributed by atoms with E-state index >= 15 is 0 Å². The molecule has 6 rings (SSSR count). The molecule has 2 aliphatic heterocycles. The number of imide groups is 1. The average molecular weight is 481 g/mol. The maximum Gasteiger partial charge on any atom is 0.259 e. The molecule has 4 heterocycles. The van der Waals surface area contributed by atoms with E-state index in [1.54, 1.807) is 0 Å². The number of nitrogens with zero attached hydrogens (tertiary/aromatic N) is 3. The highest BCUT2D eigenvalue weighted by Gasteiger charge is 2.38. The molecule has 0 fully saturated rings. The van der Waals surface area contributed by atoms with Crippen LogP contribution in [0.4, 0.5) is 0 Å². The van der Waals surface area contributed by atoms with Gasteiger partial charge in [-0.3, -0.25) is 14.9 Å². The van der Waals surface area contributed by atoms with Crippen LogP contribution in [0.15, 0.2) is 54.7 Å². The molecule has 0 spiro atoms. The molecular formula is C30H32N4O2. The number of hydrogen-bond acceptors (Lipinski definition) is 3. The summed E-state index contributed by atoms with van der Waals surface area (Å²) < 4.78 is 4.40. The molecular weight excluding hydrogens is 448 g/mol. The van der Waals surface area contributed by atoms with E-state index in [-0.39, 0.29) is 11.8 Å². The number of fused-ring (bicyclic) bond motifs is 4. The monoisotopic (exact) mass is 480 g/mol. The van der Waals surface area contributed by atoms with Gasteiger partial charge < -0.3 is 14.0 Å². The first-order valence-corrected chi connectivity index (χ1v) is 12.8. The molecule has 0 bridgehead atoms. The molecule has 1 N–H and O–H groups in total. The fraction of sp³-hybridized carbons (Fsp3) is 0.333. The quantitative estimate of drug-likeness (QED) is 0.425. The Balaban J connectivity index is 1.59. The molecule has 2 aromatic carbocycles. The summed E-state index contributed by atoms with van der Waals surface area (Å²) >= 11 is 0. The average Bonchev–Trinajstić information content (AvgIpc) is 3.46. The molecule has 36 heavy (non-hydrogen) atoms. The topological polar surface area (TPSA) is 59.3 Å². The first kappa shape index (κ1) is 22.8. The van der Waals surface area contributed by atoms with Gasteiger partial charge in [0.05, 0.1) is 11.1 Å². The number of carbonyl (C=O) groups is 2. The Kier molecular flexibility index (Phi) is 5.38. The summed E-state index contributed by atoms with van der Waals surface area (Å²) in [7, 11) is 4.16. The van der Waals surface area contributed by atoms with E-state index in [9.17, 15) is 9.59 Å². The van der Waals surface area contributed by atoms with Crippen molar-refractivity contribution in [1.29, 1.82) is 0 Å². The molecule has 2 amide bonds. The minimum atomic E-state index is -0.317. The van der Waals surface area contributed by atoms with Gasteiger partial charge in [-0.15, -0.1) is 0 Å². The Morgan fingerprint density at radius 2 is 1.64 bits per heavy atom. The number of hydrogen-bond donors (Lipinski definition) is 1. The summed E-state index contributed by atoms with van der Waals surface area (Å²) in [4.78, 5) is 29.2. The van der Waals surface area contributed by atoms with Crippen LogP contribution in [0.5, 0.6) is 0 Å². The number of para-hydroxylation sites is 2. The fourth-order valence-corrected chi connectivity index (χ4v) is 6.06. The molecule has 2 aromatic heterocycles. The third-order valence-corrected chi connectivity index (χ3v) is 8.10. The highest BCUT2D eigenvalue weighted by atomic mass is 16.2. The van der Waals surface area contributed by atoms with Crippen molar-refractivity contribution in [3.8, 4) is 0 Å². The third kappa shape index (κ3) is 3.43. The lowest BCUT2D eigenvalue weighted by Crippen LogP contribution is -2.35. The Hall–Kier alpha value is -3.64. The van der Waals surface area contributed by atoms with E-state index in [0.29, 0.717) is 23.1 Å². The Morgan fingerprint density at radius 3 is 2.39 bits per heavy atom. The summed E-state index contributed by atoms with van der Waals surface area (Å²) in [5.74, 6) is -0.125. The molecule has 184 valence electrons. The number of rotatable bonds is 5. The minimum absolute atomic E-state index is 0.302. The van der Waals surface area contributed by atoms with Crippen LogP contribution in [-0.2, 0) is 29.6 Å². The van der Waals surface area contributed by atoms with Crippen LogP contribution in [0.2, 0.25) is 0 Å². The third-order valence-electron chi connectivity index (χ3n) is 8.10. The van der Waals surface area contributed by atoms with Gasteiger partial charge in [0, 0.05) is 71.0 Å². The van der Waals surface area contributed by atoms with Crippen LogP contribution >= 0.6 is 0 Å². The van der Waals surface area contributed by atoms with Crippen molar-refractivity contribution in [3.63, 3.8) is 0 Å². The van der Waals surface area contributed by atoms with Crippen LogP contribution in [0, 0.1) is 5.92 Å². The van der Waals surface area contributed by atoms with Crippen molar-refractivity contribution in [1.82, 2.24) is 19.4 Å². The van der Waals surface area contributed by atoms with Gasteiger partial charge in [-0.25, -0.2) is 0 Å². The van der Waals surface area contributed by atoms with Crippen molar-refractivity contribution in [2.75, 3.05) is 13.6 Å². The lowest BCUT2D eigenvalue weighted by molar-refractivity contribution is -0.122. The van der Waals surface area contributed by atoms with Crippen molar-refractivity contribution < 1.29 is 9.59 Å². The first-order valence-electron chi connectivity index (χ1n) is 12.8. The highest BCUT2D eigenvalue weighted by molar-refractivity contribution is 6.51. The predicted octanol–water partition coefficient (Wildman–Crippen LogP) is 4.60. The van der Waals surface area contributed by atoms with Crippen molar-refractivity contribution in [2.24, 2.45) is 13.0 Å².